The molecule has 0 aromatic carbocycles. The van der Waals surface area contributed by atoms with Crippen LogP contribution >= 0.6 is 0 Å². The van der Waals surface area contributed by atoms with Crippen molar-refractivity contribution in [1.29, 1.82) is 0 Å². The van der Waals surface area contributed by atoms with Gasteiger partial charge in [-0.3, -0.25) is 4.90 Å². The van der Waals surface area contributed by atoms with Gasteiger partial charge < -0.3 is 5.32 Å². The van der Waals surface area contributed by atoms with E-state index in [2.05, 4.69) is 17.1 Å². The number of rotatable bonds is 4. The Hall–Kier alpha value is -0.130. The van der Waals surface area contributed by atoms with Gasteiger partial charge in [0.25, 0.3) is 0 Å². The predicted molar refractivity (Wildman–Crippen MR) is 69.9 cm³/mol. The zero-order valence-electron chi connectivity index (χ0n) is 10.7. The van der Waals surface area contributed by atoms with Gasteiger partial charge in [-0.2, -0.15) is 0 Å². The lowest BCUT2D eigenvalue weighted by Crippen LogP contribution is -2.43. The summed E-state index contributed by atoms with van der Waals surface area (Å²) in [5.74, 6) is 1.46. The molecule has 2 rings (SSSR count). The van der Waals surface area contributed by atoms with Crippen molar-refractivity contribution in [2.75, 3.05) is 37.7 Å². The quantitative estimate of drug-likeness (QED) is 0.799. The van der Waals surface area contributed by atoms with E-state index in [0.29, 0.717) is 17.4 Å². The van der Waals surface area contributed by atoms with Gasteiger partial charge in [0.05, 0.1) is 11.5 Å². The Kier molecular flexibility index (Phi) is 4.44. The van der Waals surface area contributed by atoms with Crippen LogP contribution in [0.1, 0.15) is 26.2 Å². The third-order valence-corrected chi connectivity index (χ3v) is 5.77. The van der Waals surface area contributed by atoms with Crippen LogP contribution in [0, 0.1) is 5.92 Å². The minimum absolute atomic E-state index is 0.270. The Balaban J connectivity index is 1.88. The van der Waals surface area contributed by atoms with E-state index < -0.39 is 9.84 Å². The van der Waals surface area contributed by atoms with Gasteiger partial charge in [-0.05, 0) is 44.8 Å². The van der Waals surface area contributed by atoms with Crippen molar-refractivity contribution in [2.45, 2.75) is 32.2 Å². The maximum atomic E-state index is 11.5. The van der Waals surface area contributed by atoms with Crippen LogP contribution in [0.15, 0.2) is 0 Å². The molecule has 0 spiro atoms. The summed E-state index contributed by atoms with van der Waals surface area (Å²) in [4.78, 5) is 2.38. The summed E-state index contributed by atoms with van der Waals surface area (Å²) < 4.78 is 23.0. The molecule has 4 nitrogen and oxygen atoms in total. The van der Waals surface area contributed by atoms with E-state index in [1.165, 1.54) is 12.8 Å². The van der Waals surface area contributed by atoms with Crippen LogP contribution in [0.2, 0.25) is 0 Å². The van der Waals surface area contributed by atoms with Gasteiger partial charge in [-0.1, -0.05) is 6.92 Å². The van der Waals surface area contributed by atoms with Crippen LogP contribution in [0.4, 0.5) is 0 Å². The van der Waals surface area contributed by atoms with Crippen molar-refractivity contribution >= 4 is 9.84 Å². The Morgan fingerprint density at radius 1 is 1.35 bits per heavy atom. The van der Waals surface area contributed by atoms with Gasteiger partial charge in [-0.25, -0.2) is 8.42 Å². The Bertz CT molecular complexity index is 336. The molecule has 0 radical (unpaired) electrons. The number of hydrogen-bond donors (Lipinski definition) is 1. The Morgan fingerprint density at radius 2 is 2.18 bits per heavy atom. The highest BCUT2D eigenvalue weighted by molar-refractivity contribution is 7.91. The first-order chi connectivity index (χ1) is 8.11. The van der Waals surface area contributed by atoms with Gasteiger partial charge in [0.15, 0.2) is 9.84 Å². The molecule has 2 heterocycles. The average molecular weight is 260 g/mol. The summed E-state index contributed by atoms with van der Waals surface area (Å²) in [6.45, 7) is 6.40. The van der Waals surface area contributed by atoms with E-state index in [0.717, 1.165) is 32.6 Å². The van der Waals surface area contributed by atoms with E-state index >= 15 is 0 Å². The van der Waals surface area contributed by atoms with Crippen LogP contribution in [-0.2, 0) is 9.84 Å². The van der Waals surface area contributed by atoms with Crippen molar-refractivity contribution in [3.63, 3.8) is 0 Å². The molecule has 0 bridgehead atoms. The third-order valence-electron chi connectivity index (χ3n) is 4.02. The highest BCUT2D eigenvalue weighted by Crippen LogP contribution is 2.20. The summed E-state index contributed by atoms with van der Waals surface area (Å²) in [6.07, 6.45) is 3.37. The Morgan fingerprint density at radius 3 is 2.71 bits per heavy atom. The fourth-order valence-electron chi connectivity index (χ4n) is 3.01. The first-order valence-corrected chi connectivity index (χ1v) is 8.58. The van der Waals surface area contributed by atoms with Gasteiger partial charge >= 0.3 is 0 Å². The van der Waals surface area contributed by atoms with Crippen LogP contribution < -0.4 is 5.32 Å². The molecule has 100 valence electrons. The van der Waals surface area contributed by atoms with Crippen molar-refractivity contribution < 1.29 is 8.42 Å². The van der Waals surface area contributed by atoms with Gasteiger partial charge in [0, 0.05) is 12.6 Å². The van der Waals surface area contributed by atoms with E-state index in [1.807, 2.05) is 0 Å². The molecule has 0 amide bonds. The van der Waals surface area contributed by atoms with Crippen molar-refractivity contribution in [1.82, 2.24) is 10.2 Å². The summed E-state index contributed by atoms with van der Waals surface area (Å²) in [6, 6.07) is 0.270. The molecule has 1 N–H and O–H groups in total. The minimum atomic E-state index is -2.75. The van der Waals surface area contributed by atoms with Crippen molar-refractivity contribution in [3.05, 3.63) is 0 Å². The Labute approximate surface area is 105 Å². The molecule has 2 saturated heterocycles. The summed E-state index contributed by atoms with van der Waals surface area (Å²) >= 11 is 0. The third kappa shape index (κ3) is 3.66. The average Bonchev–Trinajstić information content (AvgIpc) is 2.68. The molecule has 2 atom stereocenters. The van der Waals surface area contributed by atoms with Crippen LogP contribution in [-0.4, -0.2) is 57.0 Å². The number of hydrogen-bond acceptors (Lipinski definition) is 4. The van der Waals surface area contributed by atoms with Crippen LogP contribution in [0.25, 0.3) is 0 Å². The molecule has 0 saturated carbocycles. The number of piperidine rings is 1. The fraction of sp³-hybridized carbons (Fsp3) is 1.00. The first-order valence-electron chi connectivity index (χ1n) is 6.76. The second-order valence-electron chi connectivity index (χ2n) is 5.36. The molecule has 2 fully saturated rings. The fourth-order valence-corrected chi connectivity index (χ4v) is 4.77. The number of sulfone groups is 1. The van der Waals surface area contributed by atoms with Crippen LogP contribution in [0.3, 0.4) is 0 Å². The van der Waals surface area contributed by atoms with Crippen molar-refractivity contribution in [3.8, 4) is 0 Å². The van der Waals surface area contributed by atoms with E-state index in [-0.39, 0.29) is 6.04 Å². The first kappa shape index (κ1) is 13.3. The van der Waals surface area contributed by atoms with Crippen molar-refractivity contribution in [2.24, 2.45) is 5.92 Å². The SMILES string of the molecule is CCN(CC1CCCNC1)C1CCS(=O)(=O)C1. The van der Waals surface area contributed by atoms with E-state index in [9.17, 15) is 8.42 Å². The summed E-state index contributed by atoms with van der Waals surface area (Å²) in [5, 5.41) is 3.43. The molecule has 0 aromatic rings. The predicted octanol–water partition coefficient (Wildman–Crippen LogP) is 0.495. The van der Waals surface area contributed by atoms with E-state index in [1.54, 1.807) is 0 Å². The largest absolute Gasteiger partial charge is 0.316 e. The molecule has 2 aliphatic heterocycles. The zero-order valence-corrected chi connectivity index (χ0v) is 11.5. The molecule has 0 aromatic heterocycles. The maximum absolute atomic E-state index is 11.5. The minimum Gasteiger partial charge on any atom is -0.316 e. The van der Waals surface area contributed by atoms with Gasteiger partial charge in [-0.15, -0.1) is 0 Å². The molecule has 2 unspecified atom stereocenters. The molecular weight excluding hydrogens is 236 g/mol. The van der Waals surface area contributed by atoms with Crippen LogP contribution in [0.5, 0.6) is 0 Å². The standard InChI is InChI=1S/C12H24N2O2S/c1-2-14(9-11-4-3-6-13-8-11)12-5-7-17(15,16)10-12/h11-13H,2-10H2,1H3. The number of nitrogens with zero attached hydrogens (tertiary/aromatic N) is 1. The molecule has 17 heavy (non-hydrogen) atoms. The summed E-state index contributed by atoms with van der Waals surface area (Å²) in [7, 11) is -2.75. The molecule has 5 heteroatoms. The van der Waals surface area contributed by atoms with E-state index in [4.69, 9.17) is 0 Å². The van der Waals surface area contributed by atoms with Gasteiger partial charge in [0.1, 0.15) is 0 Å². The highest BCUT2D eigenvalue weighted by Gasteiger charge is 2.32. The monoisotopic (exact) mass is 260 g/mol. The van der Waals surface area contributed by atoms with Gasteiger partial charge in [0.2, 0.25) is 0 Å². The normalized spacial score (nSPS) is 33.1. The number of nitrogens with one attached hydrogen (secondary N) is 1. The molecule has 2 aliphatic rings. The molecule has 0 aliphatic carbocycles. The lowest BCUT2D eigenvalue weighted by atomic mass is 9.98. The lowest BCUT2D eigenvalue weighted by Gasteiger charge is -2.32. The molecular formula is C12H24N2O2S. The summed E-state index contributed by atoms with van der Waals surface area (Å²) in [5.41, 5.74) is 0. The second-order valence-corrected chi connectivity index (χ2v) is 7.59. The lowest BCUT2D eigenvalue weighted by molar-refractivity contribution is 0.173. The topological polar surface area (TPSA) is 49.4 Å². The highest BCUT2D eigenvalue weighted by atomic mass is 32.2. The smallest absolute Gasteiger partial charge is 0.151 e. The second kappa shape index (κ2) is 5.67. The zero-order chi connectivity index (χ0) is 12.3. The maximum Gasteiger partial charge on any atom is 0.151 e.